The van der Waals surface area contributed by atoms with Crippen molar-refractivity contribution in [3.8, 4) is 5.75 Å². The molecule has 0 saturated carbocycles. The van der Waals surface area contributed by atoms with Crippen LogP contribution in [0, 0.1) is 0 Å². The van der Waals surface area contributed by atoms with E-state index in [4.69, 9.17) is 0 Å². The highest BCUT2D eigenvalue weighted by atomic mass is 16.3. The first-order valence-corrected chi connectivity index (χ1v) is 7.91. The van der Waals surface area contributed by atoms with Gasteiger partial charge in [-0.2, -0.15) is 5.10 Å². The number of aromatic nitrogens is 2. The second-order valence-electron chi connectivity index (χ2n) is 5.84. The van der Waals surface area contributed by atoms with E-state index in [2.05, 4.69) is 10.4 Å². The number of nitrogens with zero attached hydrogens (tertiary/aromatic N) is 3. The number of phenolic OH excluding ortho intramolecular Hbond substituents is 1. The van der Waals surface area contributed by atoms with Gasteiger partial charge in [0.05, 0.1) is 17.8 Å². The number of hydrogen-bond acceptors (Lipinski definition) is 4. The molecule has 2 heterocycles. The molecule has 1 aromatic carbocycles. The summed E-state index contributed by atoms with van der Waals surface area (Å²) < 4.78 is 1.69. The number of para-hydroxylation sites is 1. The lowest BCUT2D eigenvalue weighted by molar-refractivity contribution is -0.125. The van der Waals surface area contributed by atoms with Crippen molar-refractivity contribution >= 4 is 11.8 Å². The summed E-state index contributed by atoms with van der Waals surface area (Å²) >= 11 is 0. The van der Waals surface area contributed by atoms with E-state index in [1.807, 2.05) is 13.1 Å². The minimum atomic E-state index is -0.509. The number of rotatable bonds is 4. The van der Waals surface area contributed by atoms with Crippen LogP contribution in [-0.4, -0.2) is 44.2 Å². The molecule has 0 bridgehead atoms. The van der Waals surface area contributed by atoms with Crippen molar-refractivity contribution in [3.63, 3.8) is 0 Å². The van der Waals surface area contributed by atoms with E-state index in [-0.39, 0.29) is 23.1 Å². The number of carbonyl (C=O) groups is 2. The summed E-state index contributed by atoms with van der Waals surface area (Å²) in [5, 5.41) is 16.8. The zero-order valence-corrected chi connectivity index (χ0v) is 13.5. The molecular weight excluding hydrogens is 308 g/mol. The highest BCUT2D eigenvalue weighted by Crippen LogP contribution is 2.24. The van der Waals surface area contributed by atoms with E-state index >= 15 is 0 Å². The zero-order chi connectivity index (χ0) is 17.1. The number of nitrogens with one attached hydrogen (secondary N) is 1. The summed E-state index contributed by atoms with van der Waals surface area (Å²) in [6.45, 7) is 0.876. The Morgan fingerprint density at radius 3 is 2.83 bits per heavy atom. The van der Waals surface area contributed by atoms with Crippen molar-refractivity contribution < 1.29 is 14.7 Å². The van der Waals surface area contributed by atoms with Crippen LogP contribution in [0.15, 0.2) is 36.5 Å². The van der Waals surface area contributed by atoms with Crippen LogP contribution in [0.1, 0.15) is 28.9 Å². The van der Waals surface area contributed by atoms with Crippen molar-refractivity contribution in [2.75, 3.05) is 6.54 Å². The van der Waals surface area contributed by atoms with Gasteiger partial charge in [0.15, 0.2) is 0 Å². The number of likely N-dealkylation sites (tertiary alicyclic amines) is 1. The first-order chi connectivity index (χ1) is 11.6. The SMILES string of the molecule is Cn1nccc1CNC(=O)C1CCCN1C(=O)c1ccccc1O. The lowest BCUT2D eigenvalue weighted by Crippen LogP contribution is -2.45. The van der Waals surface area contributed by atoms with Gasteiger partial charge in [-0.25, -0.2) is 0 Å². The monoisotopic (exact) mass is 328 g/mol. The highest BCUT2D eigenvalue weighted by molar-refractivity contribution is 5.99. The minimum absolute atomic E-state index is 0.0663. The lowest BCUT2D eigenvalue weighted by Gasteiger charge is -2.24. The van der Waals surface area contributed by atoms with Gasteiger partial charge in [0, 0.05) is 19.8 Å². The Hall–Kier alpha value is -2.83. The number of amides is 2. The fraction of sp³-hybridized carbons (Fsp3) is 0.353. The Balaban J connectivity index is 1.68. The van der Waals surface area contributed by atoms with Crippen LogP contribution >= 0.6 is 0 Å². The molecule has 1 saturated heterocycles. The van der Waals surface area contributed by atoms with Crippen LogP contribution < -0.4 is 5.32 Å². The number of aryl methyl sites for hydroxylation is 1. The number of carbonyl (C=O) groups excluding carboxylic acids is 2. The maximum atomic E-state index is 12.6. The smallest absolute Gasteiger partial charge is 0.258 e. The van der Waals surface area contributed by atoms with E-state index in [0.717, 1.165) is 12.1 Å². The number of hydrogen-bond donors (Lipinski definition) is 2. The molecule has 2 N–H and O–H groups in total. The fourth-order valence-corrected chi connectivity index (χ4v) is 2.96. The molecule has 1 aliphatic heterocycles. The molecule has 2 aromatic rings. The molecule has 2 amide bonds. The first kappa shape index (κ1) is 16.0. The molecule has 1 unspecified atom stereocenters. The van der Waals surface area contributed by atoms with Gasteiger partial charge in [0.2, 0.25) is 5.91 Å². The molecule has 1 atom stereocenters. The number of phenols is 1. The van der Waals surface area contributed by atoms with Crippen LogP contribution in [0.4, 0.5) is 0 Å². The maximum Gasteiger partial charge on any atom is 0.258 e. The van der Waals surface area contributed by atoms with Gasteiger partial charge >= 0.3 is 0 Å². The van der Waals surface area contributed by atoms with E-state index in [9.17, 15) is 14.7 Å². The Morgan fingerprint density at radius 2 is 2.12 bits per heavy atom. The third kappa shape index (κ3) is 3.10. The first-order valence-electron chi connectivity index (χ1n) is 7.91. The predicted octanol–water partition coefficient (Wildman–Crippen LogP) is 1.05. The molecule has 7 nitrogen and oxygen atoms in total. The van der Waals surface area contributed by atoms with Gasteiger partial charge < -0.3 is 15.3 Å². The normalized spacial score (nSPS) is 17.0. The summed E-state index contributed by atoms with van der Waals surface area (Å²) in [6.07, 6.45) is 3.06. The Bertz CT molecular complexity index is 756. The second kappa shape index (κ2) is 6.74. The van der Waals surface area contributed by atoms with E-state index in [0.29, 0.717) is 19.5 Å². The Kier molecular flexibility index (Phi) is 4.50. The molecule has 1 aromatic heterocycles. The average Bonchev–Trinajstić information content (AvgIpc) is 3.21. The van der Waals surface area contributed by atoms with Crippen molar-refractivity contribution in [1.29, 1.82) is 0 Å². The zero-order valence-electron chi connectivity index (χ0n) is 13.5. The molecule has 1 aliphatic rings. The quantitative estimate of drug-likeness (QED) is 0.878. The molecule has 126 valence electrons. The molecule has 24 heavy (non-hydrogen) atoms. The van der Waals surface area contributed by atoms with Gasteiger partial charge in [0.25, 0.3) is 5.91 Å². The van der Waals surface area contributed by atoms with Gasteiger partial charge in [-0.1, -0.05) is 12.1 Å². The highest BCUT2D eigenvalue weighted by Gasteiger charge is 2.35. The van der Waals surface area contributed by atoms with E-state index in [1.54, 1.807) is 29.1 Å². The summed E-state index contributed by atoms with van der Waals surface area (Å²) in [5.74, 6) is -0.563. The van der Waals surface area contributed by atoms with Gasteiger partial charge in [0.1, 0.15) is 11.8 Å². The van der Waals surface area contributed by atoms with Crippen molar-refractivity contribution in [1.82, 2.24) is 20.0 Å². The average molecular weight is 328 g/mol. The molecule has 0 aliphatic carbocycles. The van der Waals surface area contributed by atoms with Crippen LogP contribution in [0.25, 0.3) is 0 Å². The topological polar surface area (TPSA) is 87.5 Å². The van der Waals surface area contributed by atoms with Crippen LogP contribution in [0.3, 0.4) is 0 Å². The number of benzene rings is 1. The maximum absolute atomic E-state index is 12.6. The van der Waals surface area contributed by atoms with Gasteiger partial charge in [-0.15, -0.1) is 0 Å². The Morgan fingerprint density at radius 1 is 1.33 bits per heavy atom. The second-order valence-corrected chi connectivity index (χ2v) is 5.84. The van der Waals surface area contributed by atoms with Gasteiger partial charge in [-0.05, 0) is 31.0 Å². The van der Waals surface area contributed by atoms with Crippen molar-refractivity contribution in [2.45, 2.75) is 25.4 Å². The molecule has 1 fully saturated rings. The molecule has 0 spiro atoms. The third-order valence-electron chi connectivity index (χ3n) is 4.32. The third-order valence-corrected chi connectivity index (χ3v) is 4.32. The molecular formula is C17H20N4O3. The lowest BCUT2D eigenvalue weighted by atomic mass is 10.1. The van der Waals surface area contributed by atoms with Crippen molar-refractivity contribution in [2.24, 2.45) is 7.05 Å². The molecule has 7 heteroatoms. The summed E-state index contributed by atoms with van der Waals surface area (Å²) in [6, 6.07) is 7.72. The standard InChI is InChI=1S/C17H20N4O3/c1-20-12(8-9-19-20)11-18-16(23)14-6-4-10-21(14)17(24)13-5-2-3-7-15(13)22/h2-3,5,7-9,14,22H,4,6,10-11H2,1H3,(H,18,23). The van der Waals surface area contributed by atoms with Crippen LogP contribution in [0.5, 0.6) is 5.75 Å². The van der Waals surface area contributed by atoms with Crippen molar-refractivity contribution in [3.05, 3.63) is 47.8 Å². The van der Waals surface area contributed by atoms with Crippen LogP contribution in [0.2, 0.25) is 0 Å². The molecule has 0 radical (unpaired) electrons. The summed E-state index contributed by atoms with van der Waals surface area (Å²) in [7, 11) is 1.81. The Labute approximate surface area is 139 Å². The number of aromatic hydroxyl groups is 1. The van der Waals surface area contributed by atoms with E-state index < -0.39 is 6.04 Å². The summed E-state index contributed by atoms with van der Waals surface area (Å²) in [5.41, 5.74) is 1.11. The largest absolute Gasteiger partial charge is 0.507 e. The molecule has 3 rings (SSSR count). The van der Waals surface area contributed by atoms with E-state index in [1.165, 1.54) is 11.0 Å². The fourth-order valence-electron chi connectivity index (χ4n) is 2.96. The van der Waals surface area contributed by atoms with Gasteiger partial charge in [-0.3, -0.25) is 14.3 Å². The minimum Gasteiger partial charge on any atom is -0.507 e. The van der Waals surface area contributed by atoms with Crippen LogP contribution in [-0.2, 0) is 18.4 Å². The summed E-state index contributed by atoms with van der Waals surface area (Å²) in [4.78, 5) is 26.7. The predicted molar refractivity (Wildman–Crippen MR) is 87.2 cm³/mol.